The monoisotopic (exact) mass is 283 g/mol. The molecule has 112 valence electrons. The van der Waals surface area contributed by atoms with Gasteiger partial charge in [0.2, 0.25) is 0 Å². The Kier molecular flexibility index (Phi) is 5.07. The minimum Gasteiger partial charge on any atom is -0.323 e. The first-order chi connectivity index (χ1) is 9.49. The molecule has 2 N–H and O–H groups in total. The summed E-state index contributed by atoms with van der Waals surface area (Å²) in [6.07, 6.45) is 0. The minimum atomic E-state index is -0.831. The Bertz CT molecular complexity index is 443. The number of hydrogen-bond donors (Lipinski definition) is 1. The molecule has 0 radical (unpaired) electrons. The van der Waals surface area contributed by atoms with Crippen LogP contribution in [0, 0.1) is 11.6 Å². The van der Waals surface area contributed by atoms with Crippen molar-refractivity contribution in [1.29, 1.82) is 0 Å². The maximum Gasteiger partial charge on any atom is 0.163 e. The minimum absolute atomic E-state index is 0.260. The molecule has 1 unspecified atom stereocenters. The molecule has 3 nitrogen and oxygen atoms in total. The summed E-state index contributed by atoms with van der Waals surface area (Å²) in [5.41, 5.74) is 6.29. The first-order valence-electron chi connectivity index (χ1n) is 7.15. The predicted octanol–water partition coefficient (Wildman–Crippen LogP) is 1.99. The average Bonchev–Trinajstić information content (AvgIpc) is 2.42. The zero-order chi connectivity index (χ0) is 14.7. The number of hydrogen-bond acceptors (Lipinski definition) is 3. The summed E-state index contributed by atoms with van der Waals surface area (Å²) >= 11 is 0. The Morgan fingerprint density at radius 3 is 2.40 bits per heavy atom. The molecule has 0 saturated carbocycles. The van der Waals surface area contributed by atoms with Crippen LogP contribution in [0.1, 0.15) is 25.5 Å². The van der Waals surface area contributed by atoms with Crippen molar-refractivity contribution < 1.29 is 8.78 Å². The van der Waals surface area contributed by atoms with Gasteiger partial charge in [-0.1, -0.05) is 12.1 Å². The van der Waals surface area contributed by atoms with E-state index in [9.17, 15) is 8.78 Å². The van der Waals surface area contributed by atoms with Gasteiger partial charge in [0.15, 0.2) is 11.6 Å². The summed E-state index contributed by atoms with van der Waals surface area (Å²) in [5.74, 6) is -1.65. The van der Waals surface area contributed by atoms with Gasteiger partial charge in [-0.15, -0.1) is 0 Å². The van der Waals surface area contributed by atoms with E-state index in [2.05, 4.69) is 23.6 Å². The third kappa shape index (κ3) is 3.53. The summed E-state index contributed by atoms with van der Waals surface area (Å²) < 4.78 is 26.9. The Balaban J connectivity index is 1.92. The van der Waals surface area contributed by atoms with Crippen molar-refractivity contribution in [3.63, 3.8) is 0 Å². The van der Waals surface area contributed by atoms with E-state index in [1.54, 1.807) is 6.07 Å². The molecule has 1 atom stereocenters. The van der Waals surface area contributed by atoms with Crippen molar-refractivity contribution in [3.8, 4) is 0 Å². The van der Waals surface area contributed by atoms with Gasteiger partial charge in [-0.2, -0.15) is 0 Å². The van der Waals surface area contributed by atoms with Crippen molar-refractivity contribution in [2.24, 2.45) is 5.73 Å². The second kappa shape index (κ2) is 6.61. The van der Waals surface area contributed by atoms with Crippen LogP contribution in [0.4, 0.5) is 8.78 Å². The highest BCUT2D eigenvalue weighted by molar-refractivity contribution is 5.22. The summed E-state index contributed by atoms with van der Waals surface area (Å²) in [4.78, 5) is 4.62. The second-order valence-corrected chi connectivity index (χ2v) is 5.68. The van der Waals surface area contributed by atoms with Crippen LogP contribution in [-0.2, 0) is 0 Å². The fourth-order valence-corrected chi connectivity index (χ4v) is 2.65. The van der Waals surface area contributed by atoms with Crippen molar-refractivity contribution in [1.82, 2.24) is 9.80 Å². The number of rotatable bonds is 4. The first kappa shape index (κ1) is 15.4. The molecule has 0 aliphatic carbocycles. The lowest BCUT2D eigenvalue weighted by Crippen LogP contribution is -2.50. The molecule has 1 saturated heterocycles. The molecule has 0 spiro atoms. The average molecular weight is 283 g/mol. The molecule has 1 aliphatic heterocycles. The normalized spacial score (nSPS) is 19.5. The van der Waals surface area contributed by atoms with Crippen molar-refractivity contribution in [2.75, 3.05) is 32.7 Å². The third-order valence-corrected chi connectivity index (χ3v) is 3.97. The molecule has 1 aliphatic rings. The van der Waals surface area contributed by atoms with Crippen LogP contribution in [0.25, 0.3) is 0 Å². The van der Waals surface area contributed by atoms with E-state index in [-0.39, 0.29) is 5.56 Å². The van der Waals surface area contributed by atoms with Gasteiger partial charge in [0.05, 0.1) is 0 Å². The van der Waals surface area contributed by atoms with Crippen LogP contribution < -0.4 is 5.73 Å². The van der Waals surface area contributed by atoms with E-state index in [1.165, 1.54) is 6.07 Å². The molecule has 1 heterocycles. The molecular formula is C15H23F2N3. The van der Waals surface area contributed by atoms with E-state index in [0.29, 0.717) is 12.6 Å². The summed E-state index contributed by atoms with van der Waals surface area (Å²) in [7, 11) is 0. The highest BCUT2D eigenvalue weighted by Crippen LogP contribution is 2.19. The second-order valence-electron chi connectivity index (χ2n) is 5.68. The van der Waals surface area contributed by atoms with E-state index in [1.807, 2.05) is 0 Å². The topological polar surface area (TPSA) is 32.5 Å². The SMILES string of the molecule is CC(C)N1CCN(CC(N)c2cccc(F)c2F)CC1. The summed E-state index contributed by atoms with van der Waals surface area (Å²) in [5, 5.41) is 0. The fourth-order valence-electron chi connectivity index (χ4n) is 2.65. The van der Waals surface area contributed by atoms with Gasteiger partial charge in [-0.25, -0.2) is 8.78 Å². The quantitative estimate of drug-likeness (QED) is 0.917. The van der Waals surface area contributed by atoms with Crippen LogP contribution in [0.5, 0.6) is 0 Å². The Morgan fingerprint density at radius 2 is 1.80 bits per heavy atom. The van der Waals surface area contributed by atoms with Crippen LogP contribution in [0.3, 0.4) is 0 Å². The highest BCUT2D eigenvalue weighted by atomic mass is 19.2. The molecule has 20 heavy (non-hydrogen) atoms. The third-order valence-electron chi connectivity index (χ3n) is 3.97. The largest absolute Gasteiger partial charge is 0.323 e. The van der Waals surface area contributed by atoms with Crippen molar-refractivity contribution >= 4 is 0 Å². The van der Waals surface area contributed by atoms with Gasteiger partial charge >= 0.3 is 0 Å². The molecule has 2 rings (SSSR count). The van der Waals surface area contributed by atoms with Gasteiger partial charge in [0.1, 0.15) is 0 Å². The Morgan fingerprint density at radius 1 is 1.15 bits per heavy atom. The lowest BCUT2D eigenvalue weighted by Gasteiger charge is -2.37. The summed E-state index contributed by atoms with van der Waals surface area (Å²) in [6, 6.07) is 4.24. The molecule has 0 bridgehead atoms. The van der Waals surface area contributed by atoms with Gasteiger partial charge < -0.3 is 5.73 Å². The first-order valence-corrected chi connectivity index (χ1v) is 7.15. The number of piperazine rings is 1. The molecular weight excluding hydrogens is 260 g/mol. The van der Waals surface area contributed by atoms with Crippen molar-refractivity contribution in [3.05, 3.63) is 35.4 Å². The lowest BCUT2D eigenvalue weighted by molar-refractivity contribution is 0.104. The van der Waals surface area contributed by atoms with Crippen LogP contribution in [0.2, 0.25) is 0 Å². The molecule has 1 aromatic rings. The molecule has 0 aromatic heterocycles. The maximum absolute atomic E-state index is 13.7. The van der Waals surface area contributed by atoms with Gasteiger partial charge in [-0.05, 0) is 19.9 Å². The number of benzene rings is 1. The van der Waals surface area contributed by atoms with Crippen LogP contribution in [-0.4, -0.2) is 48.6 Å². The smallest absolute Gasteiger partial charge is 0.163 e. The Labute approximate surface area is 119 Å². The standard InChI is InChI=1S/C15H23F2N3/c1-11(2)20-8-6-19(7-9-20)10-14(18)12-4-3-5-13(16)15(12)17/h3-5,11,14H,6-10,18H2,1-2H3. The highest BCUT2D eigenvalue weighted by Gasteiger charge is 2.22. The zero-order valence-electron chi connectivity index (χ0n) is 12.1. The number of halogens is 2. The Hall–Kier alpha value is -1.04. The van der Waals surface area contributed by atoms with Gasteiger partial charge in [0.25, 0.3) is 0 Å². The molecule has 0 amide bonds. The van der Waals surface area contributed by atoms with Crippen molar-refractivity contribution in [2.45, 2.75) is 25.9 Å². The zero-order valence-corrected chi connectivity index (χ0v) is 12.1. The fraction of sp³-hybridized carbons (Fsp3) is 0.600. The number of nitrogens with two attached hydrogens (primary N) is 1. The van der Waals surface area contributed by atoms with E-state index < -0.39 is 17.7 Å². The summed E-state index contributed by atoms with van der Waals surface area (Å²) in [6.45, 7) is 8.76. The van der Waals surface area contributed by atoms with Gasteiger partial charge in [-0.3, -0.25) is 9.80 Å². The molecule has 5 heteroatoms. The predicted molar refractivity (Wildman–Crippen MR) is 76.4 cm³/mol. The van der Waals surface area contributed by atoms with Crippen LogP contribution in [0.15, 0.2) is 18.2 Å². The molecule has 1 fully saturated rings. The van der Waals surface area contributed by atoms with E-state index >= 15 is 0 Å². The van der Waals surface area contributed by atoms with E-state index in [0.717, 1.165) is 32.2 Å². The number of nitrogens with zero attached hydrogens (tertiary/aromatic N) is 2. The molecule has 1 aromatic carbocycles. The lowest BCUT2D eigenvalue weighted by atomic mass is 10.1. The van der Waals surface area contributed by atoms with E-state index in [4.69, 9.17) is 5.73 Å². The maximum atomic E-state index is 13.7. The van der Waals surface area contributed by atoms with Gasteiger partial charge in [0, 0.05) is 50.4 Å². The van der Waals surface area contributed by atoms with Crippen LogP contribution >= 0.6 is 0 Å².